The Morgan fingerprint density at radius 1 is 0.875 bits per heavy atom. The van der Waals surface area contributed by atoms with Crippen LogP contribution in [0, 0.1) is 23.3 Å². The molecule has 2 aromatic carbocycles. The van der Waals surface area contributed by atoms with Gasteiger partial charge in [0.05, 0.1) is 7.11 Å². The monoisotopic (exact) mass is 342 g/mol. The first kappa shape index (κ1) is 17.5. The molecule has 0 fully saturated rings. The minimum Gasteiger partial charge on any atom is -0.465 e. The molecule has 8 heteroatoms. The number of hydrogen-bond donors (Lipinski definition) is 0. The molecule has 0 saturated carbocycles. The highest BCUT2D eigenvalue weighted by Crippen LogP contribution is 2.33. The van der Waals surface area contributed by atoms with Gasteiger partial charge in [0, 0.05) is 5.56 Å². The first-order chi connectivity index (χ1) is 11.3. The van der Waals surface area contributed by atoms with Crippen molar-refractivity contribution in [1.29, 1.82) is 0 Å². The molecule has 2 rings (SSSR count). The third-order valence-electron chi connectivity index (χ3n) is 3.09. The SMILES string of the molecule is COC(=O)c1c(F)c(F)c(Oc2ccc(C(C)=O)cc2)c(F)c1F. The predicted octanol–water partition coefficient (Wildman–Crippen LogP) is 4.02. The summed E-state index contributed by atoms with van der Waals surface area (Å²) in [5.74, 6) is -11.0. The zero-order chi connectivity index (χ0) is 18.0. The lowest BCUT2D eigenvalue weighted by atomic mass is 10.1. The van der Waals surface area contributed by atoms with Crippen LogP contribution in [0.25, 0.3) is 0 Å². The van der Waals surface area contributed by atoms with Gasteiger partial charge in [0.1, 0.15) is 11.3 Å². The number of esters is 1. The van der Waals surface area contributed by atoms with Gasteiger partial charge in [-0.2, -0.15) is 8.78 Å². The molecular weight excluding hydrogens is 332 g/mol. The van der Waals surface area contributed by atoms with E-state index in [1.807, 2.05) is 0 Å². The quantitative estimate of drug-likeness (QED) is 0.364. The second kappa shape index (κ2) is 6.69. The van der Waals surface area contributed by atoms with Crippen molar-refractivity contribution in [2.24, 2.45) is 0 Å². The van der Waals surface area contributed by atoms with Crippen molar-refractivity contribution in [2.45, 2.75) is 6.92 Å². The van der Waals surface area contributed by atoms with Crippen LogP contribution in [0.4, 0.5) is 17.6 Å². The number of carbonyl (C=O) groups excluding carboxylic acids is 2. The molecular formula is C16H10F4O4. The molecule has 24 heavy (non-hydrogen) atoms. The van der Waals surface area contributed by atoms with Crippen molar-refractivity contribution in [2.75, 3.05) is 7.11 Å². The molecule has 0 aliphatic heterocycles. The maximum atomic E-state index is 13.9. The molecule has 126 valence electrons. The highest BCUT2D eigenvalue weighted by atomic mass is 19.2. The van der Waals surface area contributed by atoms with Gasteiger partial charge in [-0.05, 0) is 31.2 Å². The zero-order valence-electron chi connectivity index (χ0n) is 12.5. The average molecular weight is 342 g/mol. The Morgan fingerprint density at radius 3 is 1.79 bits per heavy atom. The number of ether oxygens (including phenoxy) is 2. The van der Waals surface area contributed by atoms with E-state index in [0.717, 1.165) is 7.11 Å². The molecule has 0 radical (unpaired) electrons. The smallest absolute Gasteiger partial charge is 0.344 e. The van der Waals surface area contributed by atoms with Crippen molar-refractivity contribution in [3.8, 4) is 11.5 Å². The number of benzene rings is 2. The molecule has 0 bridgehead atoms. The van der Waals surface area contributed by atoms with Gasteiger partial charge >= 0.3 is 5.97 Å². The largest absolute Gasteiger partial charge is 0.465 e. The Labute approximate surface area is 133 Å². The van der Waals surface area contributed by atoms with Gasteiger partial charge in [0.15, 0.2) is 17.4 Å². The lowest BCUT2D eigenvalue weighted by Crippen LogP contribution is -2.13. The van der Waals surface area contributed by atoms with Crippen LogP contribution in [-0.2, 0) is 4.74 Å². The van der Waals surface area contributed by atoms with Crippen LogP contribution in [-0.4, -0.2) is 18.9 Å². The van der Waals surface area contributed by atoms with Crippen molar-refractivity contribution >= 4 is 11.8 Å². The lowest BCUT2D eigenvalue weighted by Gasteiger charge is -2.12. The first-order valence-electron chi connectivity index (χ1n) is 6.51. The minimum atomic E-state index is -1.93. The van der Waals surface area contributed by atoms with E-state index in [1.54, 1.807) is 0 Å². The summed E-state index contributed by atoms with van der Waals surface area (Å²) < 4.78 is 64.3. The molecule has 0 unspecified atom stereocenters. The number of halogens is 4. The summed E-state index contributed by atoms with van der Waals surface area (Å²) in [4.78, 5) is 22.4. The fourth-order valence-electron chi connectivity index (χ4n) is 1.86. The average Bonchev–Trinajstić information content (AvgIpc) is 2.57. The second-order valence-corrected chi connectivity index (χ2v) is 4.63. The van der Waals surface area contributed by atoms with Crippen LogP contribution in [0.2, 0.25) is 0 Å². The summed E-state index contributed by atoms with van der Waals surface area (Å²) in [5.41, 5.74) is -1.19. The molecule has 0 aromatic heterocycles. The third kappa shape index (κ3) is 3.08. The van der Waals surface area contributed by atoms with E-state index in [2.05, 4.69) is 4.74 Å². The van der Waals surface area contributed by atoms with Gasteiger partial charge in [-0.1, -0.05) is 0 Å². The third-order valence-corrected chi connectivity index (χ3v) is 3.09. The normalized spacial score (nSPS) is 10.4. The van der Waals surface area contributed by atoms with Crippen LogP contribution in [0.3, 0.4) is 0 Å². The number of methoxy groups -OCH3 is 1. The fraction of sp³-hybridized carbons (Fsp3) is 0.125. The standard InChI is InChI=1S/C16H10F4O4/c1-7(21)8-3-5-9(6-4-8)24-15-13(19)11(17)10(16(22)23-2)12(18)14(15)20/h3-6H,1-2H3. The van der Waals surface area contributed by atoms with Gasteiger partial charge in [-0.3, -0.25) is 4.79 Å². The Hall–Kier alpha value is -2.90. The summed E-state index contributed by atoms with van der Waals surface area (Å²) in [6.07, 6.45) is 0. The first-order valence-corrected chi connectivity index (χ1v) is 6.51. The van der Waals surface area contributed by atoms with E-state index in [4.69, 9.17) is 4.74 Å². The lowest BCUT2D eigenvalue weighted by molar-refractivity contribution is 0.0586. The van der Waals surface area contributed by atoms with Crippen molar-refractivity contribution in [3.63, 3.8) is 0 Å². The van der Waals surface area contributed by atoms with Crippen LogP contribution < -0.4 is 4.74 Å². The number of hydrogen-bond acceptors (Lipinski definition) is 4. The Kier molecular flexibility index (Phi) is 4.87. The molecule has 0 spiro atoms. The second-order valence-electron chi connectivity index (χ2n) is 4.63. The maximum absolute atomic E-state index is 13.9. The summed E-state index contributed by atoms with van der Waals surface area (Å²) in [6, 6.07) is 5.01. The molecule has 2 aromatic rings. The Balaban J connectivity index is 2.48. The van der Waals surface area contributed by atoms with E-state index >= 15 is 0 Å². The van der Waals surface area contributed by atoms with Gasteiger partial charge in [0.2, 0.25) is 17.4 Å². The molecule has 0 N–H and O–H groups in total. The van der Waals surface area contributed by atoms with Gasteiger partial charge in [0.25, 0.3) is 0 Å². The number of Topliss-reactive ketones (excluding diaryl/α,β-unsaturated/α-hetero) is 1. The van der Waals surface area contributed by atoms with Crippen molar-refractivity contribution in [1.82, 2.24) is 0 Å². The number of ketones is 1. The topological polar surface area (TPSA) is 52.6 Å². The van der Waals surface area contributed by atoms with E-state index in [9.17, 15) is 27.2 Å². The zero-order valence-corrected chi connectivity index (χ0v) is 12.5. The summed E-state index contributed by atoms with van der Waals surface area (Å²) in [5, 5.41) is 0. The Morgan fingerprint density at radius 2 is 1.38 bits per heavy atom. The van der Waals surface area contributed by atoms with E-state index in [1.165, 1.54) is 31.2 Å². The molecule has 4 nitrogen and oxygen atoms in total. The van der Waals surface area contributed by atoms with E-state index < -0.39 is 40.6 Å². The molecule has 0 aliphatic rings. The predicted molar refractivity (Wildman–Crippen MR) is 74.1 cm³/mol. The summed E-state index contributed by atoms with van der Waals surface area (Å²) >= 11 is 0. The molecule has 0 aliphatic carbocycles. The summed E-state index contributed by atoms with van der Waals surface area (Å²) in [6.45, 7) is 1.31. The Bertz CT molecular complexity index is 787. The van der Waals surface area contributed by atoms with E-state index in [-0.39, 0.29) is 11.5 Å². The van der Waals surface area contributed by atoms with Gasteiger partial charge in [-0.15, -0.1) is 0 Å². The molecule has 0 heterocycles. The van der Waals surface area contributed by atoms with Crippen LogP contribution >= 0.6 is 0 Å². The van der Waals surface area contributed by atoms with Crippen LogP contribution in [0.15, 0.2) is 24.3 Å². The van der Waals surface area contributed by atoms with Crippen LogP contribution in [0.5, 0.6) is 11.5 Å². The molecule has 0 saturated heterocycles. The van der Waals surface area contributed by atoms with Crippen molar-refractivity contribution in [3.05, 3.63) is 58.7 Å². The van der Waals surface area contributed by atoms with Gasteiger partial charge < -0.3 is 9.47 Å². The number of carbonyl (C=O) groups is 2. The molecule has 0 atom stereocenters. The highest BCUT2D eigenvalue weighted by molar-refractivity contribution is 5.94. The summed E-state index contributed by atoms with van der Waals surface area (Å²) in [7, 11) is 0.804. The van der Waals surface area contributed by atoms with Gasteiger partial charge in [-0.25, -0.2) is 13.6 Å². The minimum absolute atomic E-state index is 0.164. The number of rotatable bonds is 4. The molecule has 0 amide bonds. The maximum Gasteiger partial charge on any atom is 0.344 e. The van der Waals surface area contributed by atoms with Crippen molar-refractivity contribution < 1.29 is 36.6 Å². The fourth-order valence-corrected chi connectivity index (χ4v) is 1.86. The highest BCUT2D eigenvalue weighted by Gasteiger charge is 2.31. The van der Waals surface area contributed by atoms with Crippen LogP contribution in [0.1, 0.15) is 27.6 Å². The van der Waals surface area contributed by atoms with E-state index in [0.29, 0.717) is 5.56 Å².